The van der Waals surface area contributed by atoms with Crippen molar-refractivity contribution in [3.05, 3.63) is 18.2 Å². The second-order valence-corrected chi connectivity index (χ2v) is 6.48. The van der Waals surface area contributed by atoms with E-state index in [0.29, 0.717) is 24.0 Å². The van der Waals surface area contributed by atoms with Gasteiger partial charge in [-0.25, -0.2) is 8.42 Å². The van der Waals surface area contributed by atoms with E-state index in [-0.39, 0.29) is 5.25 Å². The van der Waals surface area contributed by atoms with Crippen molar-refractivity contribution in [2.24, 2.45) is 0 Å². The highest BCUT2D eigenvalue weighted by Gasteiger charge is 2.30. The number of rotatable bonds is 4. The summed E-state index contributed by atoms with van der Waals surface area (Å²) in [5.41, 5.74) is 0. The van der Waals surface area contributed by atoms with Crippen molar-refractivity contribution in [3.63, 3.8) is 0 Å². The summed E-state index contributed by atoms with van der Waals surface area (Å²) in [7, 11) is -1.35. The van der Waals surface area contributed by atoms with Gasteiger partial charge in [0.05, 0.1) is 18.1 Å². The van der Waals surface area contributed by atoms with Crippen LogP contribution in [0.25, 0.3) is 0 Å². The number of anilines is 1. The fourth-order valence-electron chi connectivity index (χ4n) is 1.93. The van der Waals surface area contributed by atoms with Crippen LogP contribution in [0.4, 0.5) is 5.82 Å². The molecule has 17 heavy (non-hydrogen) atoms. The summed E-state index contributed by atoms with van der Waals surface area (Å²) in [4.78, 5) is 4.17. The van der Waals surface area contributed by atoms with Crippen molar-refractivity contribution in [2.45, 2.75) is 18.1 Å². The molecule has 1 unspecified atom stereocenters. The lowest BCUT2D eigenvalue weighted by atomic mass is 10.2. The summed E-state index contributed by atoms with van der Waals surface area (Å²) in [6.45, 7) is 0.419. The van der Waals surface area contributed by atoms with E-state index in [0.717, 1.165) is 12.8 Å². The van der Waals surface area contributed by atoms with E-state index in [2.05, 4.69) is 10.3 Å². The Kier molecular flexibility index (Phi) is 3.51. The minimum atomic E-state index is -2.89. The van der Waals surface area contributed by atoms with Crippen molar-refractivity contribution in [3.8, 4) is 5.88 Å². The molecule has 2 heterocycles. The van der Waals surface area contributed by atoms with Crippen LogP contribution in [0.2, 0.25) is 0 Å². The van der Waals surface area contributed by atoms with Gasteiger partial charge in [-0.3, -0.25) is 0 Å². The Balaban J connectivity index is 1.98. The molecule has 1 N–H and O–H groups in total. The number of nitrogens with zero attached hydrogens (tertiary/aromatic N) is 1. The van der Waals surface area contributed by atoms with Crippen LogP contribution in [0.5, 0.6) is 5.88 Å². The SMILES string of the molecule is COc1cccc(NCC2CCCS2(=O)=O)n1. The quantitative estimate of drug-likeness (QED) is 0.873. The summed E-state index contributed by atoms with van der Waals surface area (Å²) in [5.74, 6) is 1.47. The number of ether oxygens (including phenoxy) is 1. The Morgan fingerprint density at radius 1 is 1.53 bits per heavy atom. The first-order valence-electron chi connectivity index (χ1n) is 5.58. The van der Waals surface area contributed by atoms with Gasteiger partial charge < -0.3 is 10.1 Å². The number of nitrogens with one attached hydrogen (secondary N) is 1. The van der Waals surface area contributed by atoms with Crippen LogP contribution in [0.3, 0.4) is 0 Å². The standard InChI is InChI=1S/C11H16N2O3S/c1-16-11-6-2-5-10(13-11)12-8-9-4-3-7-17(9,14)15/h2,5-6,9H,3-4,7-8H2,1H3,(H,12,13). The molecule has 0 saturated carbocycles. The second-order valence-electron chi connectivity index (χ2n) is 4.08. The first-order chi connectivity index (χ1) is 8.12. The molecule has 1 aromatic heterocycles. The van der Waals surface area contributed by atoms with Crippen LogP contribution in [-0.2, 0) is 9.84 Å². The van der Waals surface area contributed by atoms with Crippen molar-refractivity contribution in [1.29, 1.82) is 0 Å². The smallest absolute Gasteiger partial charge is 0.214 e. The zero-order valence-electron chi connectivity index (χ0n) is 9.72. The van der Waals surface area contributed by atoms with E-state index in [9.17, 15) is 8.42 Å². The maximum atomic E-state index is 11.6. The van der Waals surface area contributed by atoms with Gasteiger partial charge in [-0.1, -0.05) is 6.07 Å². The summed E-state index contributed by atoms with van der Waals surface area (Å²) >= 11 is 0. The Hall–Kier alpha value is -1.30. The summed E-state index contributed by atoms with van der Waals surface area (Å²) in [6.07, 6.45) is 1.50. The molecular weight excluding hydrogens is 240 g/mol. The lowest BCUT2D eigenvalue weighted by Crippen LogP contribution is -2.25. The summed E-state index contributed by atoms with van der Waals surface area (Å²) in [6, 6.07) is 5.36. The average Bonchev–Trinajstić information content (AvgIpc) is 2.66. The van der Waals surface area contributed by atoms with E-state index in [4.69, 9.17) is 4.74 Å². The average molecular weight is 256 g/mol. The van der Waals surface area contributed by atoms with E-state index >= 15 is 0 Å². The fourth-order valence-corrected chi connectivity index (χ4v) is 3.70. The predicted molar refractivity (Wildman–Crippen MR) is 66.1 cm³/mol. The van der Waals surface area contributed by atoms with Gasteiger partial charge in [0, 0.05) is 12.6 Å². The van der Waals surface area contributed by atoms with Crippen LogP contribution < -0.4 is 10.1 Å². The zero-order chi connectivity index (χ0) is 12.3. The van der Waals surface area contributed by atoms with Gasteiger partial charge in [-0.2, -0.15) is 4.98 Å². The molecule has 2 rings (SSSR count). The third-order valence-electron chi connectivity index (χ3n) is 2.91. The molecule has 6 heteroatoms. The van der Waals surface area contributed by atoms with E-state index < -0.39 is 9.84 Å². The second kappa shape index (κ2) is 4.91. The Bertz CT molecular complexity index is 487. The van der Waals surface area contributed by atoms with Gasteiger partial charge in [-0.05, 0) is 18.9 Å². The molecule has 94 valence electrons. The minimum absolute atomic E-state index is 0.282. The first-order valence-corrected chi connectivity index (χ1v) is 7.30. The van der Waals surface area contributed by atoms with Crippen molar-refractivity contribution >= 4 is 15.7 Å². The van der Waals surface area contributed by atoms with Gasteiger partial charge in [-0.15, -0.1) is 0 Å². The minimum Gasteiger partial charge on any atom is -0.481 e. The molecule has 5 nitrogen and oxygen atoms in total. The number of methoxy groups -OCH3 is 1. The predicted octanol–water partition coefficient (Wildman–Crippen LogP) is 1.08. The number of hydrogen-bond donors (Lipinski definition) is 1. The van der Waals surface area contributed by atoms with E-state index in [1.54, 1.807) is 19.2 Å². The highest BCUT2D eigenvalue weighted by molar-refractivity contribution is 7.92. The molecule has 0 aliphatic carbocycles. The Labute approximate surface area is 101 Å². The molecule has 1 fully saturated rings. The van der Waals surface area contributed by atoms with E-state index in [1.807, 2.05) is 6.07 Å². The number of hydrogen-bond acceptors (Lipinski definition) is 5. The van der Waals surface area contributed by atoms with Crippen molar-refractivity contribution < 1.29 is 13.2 Å². The molecule has 0 spiro atoms. The molecule has 1 aliphatic heterocycles. The fraction of sp³-hybridized carbons (Fsp3) is 0.545. The molecule has 1 aromatic rings. The van der Waals surface area contributed by atoms with Crippen LogP contribution >= 0.6 is 0 Å². The van der Waals surface area contributed by atoms with Gasteiger partial charge >= 0.3 is 0 Å². The molecular formula is C11H16N2O3S. The summed E-state index contributed by atoms with van der Waals surface area (Å²) in [5, 5.41) is 2.76. The monoisotopic (exact) mass is 256 g/mol. The third kappa shape index (κ3) is 2.88. The number of sulfone groups is 1. The molecule has 0 bridgehead atoms. The maximum absolute atomic E-state index is 11.6. The van der Waals surface area contributed by atoms with Crippen LogP contribution in [0, 0.1) is 0 Å². The first kappa shape index (κ1) is 12.2. The zero-order valence-corrected chi connectivity index (χ0v) is 10.5. The van der Waals surface area contributed by atoms with Crippen LogP contribution in [-0.4, -0.2) is 38.1 Å². The molecule has 1 atom stereocenters. The Morgan fingerprint density at radius 2 is 2.35 bits per heavy atom. The molecule has 1 saturated heterocycles. The van der Waals surface area contributed by atoms with Gasteiger partial charge in [0.1, 0.15) is 5.82 Å². The highest BCUT2D eigenvalue weighted by atomic mass is 32.2. The van der Waals surface area contributed by atoms with E-state index in [1.165, 1.54) is 0 Å². The number of aromatic nitrogens is 1. The van der Waals surface area contributed by atoms with Crippen LogP contribution in [0.15, 0.2) is 18.2 Å². The molecule has 0 amide bonds. The molecule has 0 radical (unpaired) electrons. The van der Waals surface area contributed by atoms with Crippen molar-refractivity contribution in [2.75, 3.05) is 24.7 Å². The van der Waals surface area contributed by atoms with Crippen LogP contribution in [0.1, 0.15) is 12.8 Å². The third-order valence-corrected chi connectivity index (χ3v) is 5.18. The topological polar surface area (TPSA) is 68.3 Å². The highest BCUT2D eigenvalue weighted by Crippen LogP contribution is 2.20. The largest absolute Gasteiger partial charge is 0.481 e. The number of pyridine rings is 1. The lowest BCUT2D eigenvalue weighted by molar-refractivity contribution is 0.398. The maximum Gasteiger partial charge on any atom is 0.214 e. The lowest BCUT2D eigenvalue weighted by Gasteiger charge is -2.11. The molecule has 0 aromatic carbocycles. The van der Waals surface area contributed by atoms with Gasteiger partial charge in [0.15, 0.2) is 9.84 Å². The Morgan fingerprint density at radius 3 is 3.00 bits per heavy atom. The van der Waals surface area contributed by atoms with Gasteiger partial charge in [0.2, 0.25) is 5.88 Å². The molecule has 1 aliphatic rings. The van der Waals surface area contributed by atoms with Crippen molar-refractivity contribution in [1.82, 2.24) is 4.98 Å². The summed E-state index contributed by atoms with van der Waals surface area (Å²) < 4.78 is 28.2. The normalized spacial score (nSPS) is 22.3. The van der Waals surface area contributed by atoms with Gasteiger partial charge in [0.25, 0.3) is 0 Å².